The van der Waals surface area contributed by atoms with Crippen LogP contribution in [0.3, 0.4) is 0 Å². The number of aliphatic hydroxyl groups excluding tert-OH is 4. The Hall–Kier alpha value is -2.05. The van der Waals surface area contributed by atoms with Crippen LogP contribution in [0.5, 0.6) is 0 Å². The molecule has 3 atom stereocenters. The topological polar surface area (TPSA) is 180 Å². The maximum absolute atomic E-state index is 11.7. The van der Waals surface area contributed by atoms with Crippen molar-refractivity contribution in [1.29, 1.82) is 0 Å². The molecule has 0 unspecified atom stereocenters. The number of ether oxygens (including phenoxy) is 1. The normalized spacial score (nSPS) is 15.8. The van der Waals surface area contributed by atoms with E-state index in [2.05, 4.69) is 15.0 Å². The summed E-state index contributed by atoms with van der Waals surface area (Å²) >= 11 is 0. The molecule has 0 amide bonds. The minimum absolute atomic E-state index is 0.000458. The molecule has 0 spiro atoms. The van der Waals surface area contributed by atoms with Gasteiger partial charge in [-0.2, -0.15) is 4.98 Å². The highest BCUT2D eigenvalue weighted by Gasteiger charge is 2.25. The molecule has 7 N–H and O–H groups in total. The molecule has 0 saturated carbocycles. The van der Waals surface area contributed by atoms with Gasteiger partial charge in [0, 0.05) is 0 Å². The maximum atomic E-state index is 11.7. The van der Waals surface area contributed by atoms with Gasteiger partial charge in [-0.15, -0.1) is 0 Å². The minimum Gasteiger partial charge on any atom is -0.394 e. The van der Waals surface area contributed by atoms with Gasteiger partial charge in [-0.25, -0.2) is 4.98 Å². The largest absolute Gasteiger partial charge is 0.394 e. The highest BCUT2D eigenvalue weighted by molar-refractivity contribution is 5.70. The summed E-state index contributed by atoms with van der Waals surface area (Å²) in [6, 6.07) is 0. The summed E-state index contributed by atoms with van der Waals surface area (Å²) < 4.78 is 6.60. The summed E-state index contributed by atoms with van der Waals surface area (Å²) in [5, 5.41) is 37.1. The summed E-state index contributed by atoms with van der Waals surface area (Å²) in [5.74, 6) is -0.134. The number of H-pyrrole nitrogens is 1. The zero-order chi connectivity index (χ0) is 16.3. The van der Waals surface area contributed by atoms with Crippen LogP contribution in [0.25, 0.3) is 11.2 Å². The van der Waals surface area contributed by atoms with E-state index in [0.29, 0.717) is 0 Å². The van der Waals surface area contributed by atoms with Crippen molar-refractivity contribution in [2.24, 2.45) is 0 Å². The molecule has 122 valence electrons. The molecule has 2 aromatic heterocycles. The second kappa shape index (κ2) is 6.81. The maximum Gasteiger partial charge on any atom is 0.280 e. The average molecular weight is 315 g/mol. The van der Waals surface area contributed by atoms with Gasteiger partial charge < -0.3 is 30.9 Å². The van der Waals surface area contributed by atoms with E-state index in [-0.39, 0.29) is 17.1 Å². The SMILES string of the molecule is Nc1nc2c(ncn2[C@@H](CO)O[C@H](CO)[C@@H](O)CO)c(=O)[nH]1. The molecule has 0 saturated heterocycles. The van der Waals surface area contributed by atoms with E-state index < -0.39 is 43.8 Å². The average Bonchev–Trinajstić information content (AvgIpc) is 2.92. The van der Waals surface area contributed by atoms with E-state index in [4.69, 9.17) is 15.6 Å². The molecule has 2 aromatic rings. The summed E-state index contributed by atoms with van der Waals surface area (Å²) in [4.78, 5) is 21.8. The highest BCUT2D eigenvalue weighted by Crippen LogP contribution is 2.18. The number of aromatic nitrogens is 4. The number of anilines is 1. The Bertz CT molecular complexity index is 685. The predicted octanol–water partition coefficient (Wildman–Crippen LogP) is -3.08. The first-order valence-electron chi connectivity index (χ1n) is 6.40. The van der Waals surface area contributed by atoms with Crippen LogP contribution in [-0.2, 0) is 4.74 Å². The fraction of sp³-hybridized carbons (Fsp3) is 0.545. The Labute approximate surface area is 123 Å². The third-order valence-corrected chi connectivity index (χ3v) is 3.05. The molecule has 0 fully saturated rings. The Morgan fingerprint density at radius 1 is 1.32 bits per heavy atom. The monoisotopic (exact) mass is 315 g/mol. The van der Waals surface area contributed by atoms with Gasteiger partial charge in [0.15, 0.2) is 17.4 Å². The van der Waals surface area contributed by atoms with Crippen LogP contribution in [0.4, 0.5) is 5.95 Å². The van der Waals surface area contributed by atoms with Crippen LogP contribution in [0.2, 0.25) is 0 Å². The lowest BCUT2D eigenvalue weighted by Gasteiger charge is -2.25. The standard InChI is InChI=1S/C11H17N5O6/c12-11-14-9-8(10(21)15-11)13-4-16(9)7(3-19)22-6(2-18)5(20)1-17/h4-7,17-20H,1-3H2,(H3,12,14,15,21)/t5-,6+,7+/m0/s1. The van der Waals surface area contributed by atoms with Crippen molar-refractivity contribution >= 4 is 17.1 Å². The van der Waals surface area contributed by atoms with Crippen LogP contribution in [-0.4, -0.2) is 72.0 Å². The van der Waals surface area contributed by atoms with Gasteiger partial charge in [-0.05, 0) is 0 Å². The molecule has 11 heteroatoms. The number of aliphatic hydroxyl groups is 4. The number of nitrogens with one attached hydrogen (secondary N) is 1. The first kappa shape index (κ1) is 16.3. The molecule has 0 aliphatic heterocycles. The van der Waals surface area contributed by atoms with E-state index >= 15 is 0 Å². The van der Waals surface area contributed by atoms with Gasteiger partial charge in [0.25, 0.3) is 5.56 Å². The molecular formula is C11H17N5O6. The smallest absolute Gasteiger partial charge is 0.280 e. The Balaban J connectivity index is 2.37. The van der Waals surface area contributed by atoms with Crippen molar-refractivity contribution in [2.75, 3.05) is 25.6 Å². The van der Waals surface area contributed by atoms with Gasteiger partial charge in [0.2, 0.25) is 5.95 Å². The lowest BCUT2D eigenvalue weighted by atomic mass is 10.2. The van der Waals surface area contributed by atoms with Crippen molar-refractivity contribution < 1.29 is 25.2 Å². The Morgan fingerprint density at radius 2 is 2.05 bits per heavy atom. The van der Waals surface area contributed by atoms with E-state index in [1.807, 2.05) is 0 Å². The Kier molecular flexibility index (Phi) is 5.05. The van der Waals surface area contributed by atoms with Crippen molar-refractivity contribution in [3.8, 4) is 0 Å². The van der Waals surface area contributed by atoms with Crippen molar-refractivity contribution in [3.63, 3.8) is 0 Å². The summed E-state index contributed by atoms with van der Waals surface area (Å²) in [5.41, 5.74) is 5.00. The summed E-state index contributed by atoms with van der Waals surface area (Å²) in [6.45, 7) is -1.76. The second-order valence-electron chi connectivity index (χ2n) is 4.52. The predicted molar refractivity (Wildman–Crippen MR) is 73.7 cm³/mol. The van der Waals surface area contributed by atoms with Gasteiger partial charge in [0.1, 0.15) is 12.2 Å². The van der Waals surface area contributed by atoms with Gasteiger partial charge in [-0.1, -0.05) is 0 Å². The summed E-state index contributed by atoms with van der Waals surface area (Å²) in [7, 11) is 0. The van der Waals surface area contributed by atoms with Crippen molar-refractivity contribution in [3.05, 3.63) is 16.7 Å². The molecule has 11 nitrogen and oxygen atoms in total. The zero-order valence-corrected chi connectivity index (χ0v) is 11.5. The number of nitrogens with zero attached hydrogens (tertiary/aromatic N) is 3. The Morgan fingerprint density at radius 3 is 2.64 bits per heavy atom. The van der Waals surface area contributed by atoms with E-state index in [9.17, 15) is 20.1 Å². The first-order chi connectivity index (χ1) is 10.5. The number of hydrogen-bond acceptors (Lipinski definition) is 9. The quantitative estimate of drug-likeness (QED) is 0.309. The summed E-state index contributed by atoms with van der Waals surface area (Å²) in [6.07, 6.45) is -2.35. The number of rotatable bonds is 7. The van der Waals surface area contributed by atoms with E-state index in [1.54, 1.807) is 0 Å². The lowest BCUT2D eigenvalue weighted by Crippen LogP contribution is -2.38. The molecule has 0 aromatic carbocycles. The van der Waals surface area contributed by atoms with Crippen molar-refractivity contribution in [1.82, 2.24) is 19.5 Å². The molecule has 2 rings (SSSR count). The first-order valence-corrected chi connectivity index (χ1v) is 6.40. The molecule has 0 aliphatic rings. The third-order valence-electron chi connectivity index (χ3n) is 3.05. The van der Waals surface area contributed by atoms with Crippen LogP contribution in [0.1, 0.15) is 6.23 Å². The molecule has 0 radical (unpaired) electrons. The number of nitrogens with two attached hydrogens (primary N) is 1. The highest BCUT2D eigenvalue weighted by atomic mass is 16.5. The lowest BCUT2D eigenvalue weighted by molar-refractivity contribution is -0.143. The molecule has 0 bridgehead atoms. The third kappa shape index (κ3) is 3.08. The van der Waals surface area contributed by atoms with E-state index in [1.165, 1.54) is 10.9 Å². The fourth-order valence-corrected chi connectivity index (χ4v) is 1.93. The number of fused-ring (bicyclic) bond motifs is 1. The van der Waals surface area contributed by atoms with E-state index in [0.717, 1.165) is 0 Å². The molecule has 2 heterocycles. The van der Waals surface area contributed by atoms with Crippen LogP contribution >= 0.6 is 0 Å². The second-order valence-corrected chi connectivity index (χ2v) is 4.52. The molecular weight excluding hydrogens is 298 g/mol. The van der Waals surface area contributed by atoms with Crippen LogP contribution in [0, 0.1) is 0 Å². The van der Waals surface area contributed by atoms with Gasteiger partial charge >= 0.3 is 0 Å². The van der Waals surface area contributed by atoms with Gasteiger partial charge in [0.05, 0.1) is 26.1 Å². The molecule has 22 heavy (non-hydrogen) atoms. The number of imidazole rings is 1. The fourth-order valence-electron chi connectivity index (χ4n) is 1.93. The van der Waals surface area contributed by atoms with Crippen LogP contribution in [0.15, 0.2) is 11.1 Å². The minimum atomic E-state index is -1.34. The van der Waals surface area contributed by atoms with Crippen molar-refractivity contribution in [2.45, 2.75) is 18.4 Å². The van der Waals surface area contributed by atoms with Crippen LogP contribution < -0.4 is 11.3 Å². The number of hydrogen-bond donors (Lipinski definition) is 6. The number of aromatic amines is 1. The zero-order valence-electron chi connectivity index (χ0n) is 11.5. The number of nitrogen functional groups attached to an aromatic ring is 1. The molecule has 0 aliphatic carbocycles. The van der Waals surface area contributed by atoms with Gasteiger partial charge in [-0.3, -0.25) is 14.3 Å².